The second kappa shape index (κ2) is 7.51. The molecule has 1 saturated heterocycles. The first kappa shape index (κ1) is 16.0. The van der Waals surface area contributed by atoms with Gasteiger partial charge in [0.2, 0.25) is 5.91 Å². The molecule has 0 bridgehead atoms. The molecule has 3 nitrogen and oxygen atoms in total. The third kappa shape index (κ3) is 4.22. The standard InChI is InChI=1S/C15H22N2O.ClH/c1-12-6-8-13(9-7-12)14(16)15(18)17-10-4-2-3-5-11-17;/h6-9,14H,2-5,10-11,16H2,1H3;1H. The lowest BCUT2D eigenvalue weighted by Crippen LogP contribution is -2.39. The minimum Gasteiger partial charge on any atom is -0.341 e. The molecule has 4 heteroatoms. The van der Waals surface area contributed by atoms with E-state index in [1.54, 1.807) is 0 Å². The molecule has 1 aliphatic heterocycles. The third-order valence-electron chi connectivity index (χ3n) is 3.62. The summed E-state index contributed by atoms with van der Waals surface area (Å²) in [6, 6.07) is 7.41. The Kier molecular flexibility index (Phi) is 6.32. The van der Waals surface area contributed by atoms with Crippen LogP contribution in [0.1, 0.15) is 42.9 Å². The molecule has 0 saturated carbocycles. The number of halogens is 1. The van der Waals surface area contributed by atoms with Crippen LogP contribution in [0.5, 0.6) is 0 Å². The Labute approximate surface area is 121 Å². The SMILES string of the molecule is Cc1ccc(C(N)C(=O)N2CCCCCC2)cc1.Cl. The summed E-state index contributed by atoms with van der Waals surface area (Å²) in [4.78, 5) is 14.3. The largest absolute Gasteiger partial charge is 0.341 e. The second-order valence-corrected chi connectivity index (χ2v) is 5.13. The molecular weight excluding hydrogens is 260 g/mol. The van der Waals surface area contributed by atoms with Crippen molar-refractivity contribution in [3.63, 3.8) is 0 Å². The zero-order chi connectivity index (χ0) is 13.0. The van der Waals surface area contributed by atoms with Crippen molar-refractivity contribution in [3.8, 4) is 0 Å². The van der Waals surface area contributed by atoms with Crippen LogP contribution >= 0.6 is 12.4 Å². The van der Waals surface area contributed by atoms with Crippen molar-refractivity contribution in [2.45, 2.75) is 38.6 Å². The highest BCUT2D eigenvalue weighted by atomic mass is 35.5. The van der Waals surface area contributed by atoms with E-state index in [4.69, 9.17) is 5.73 Å². The molecule has 1 heterocycles. The minimum atomic E-state index is -0.510. The van der Waals surface area contributed by atoms with Gasteiger partial charge in [-0.15, -0.1) is 12.4 Å². The Morgan fingerprint density at radius 3 is 2.16 bits per heavy atom. The fourth-order valence-electron chi connectivity index (χ4n) is 2.40. The van der Waals surface area contributed by atoms with Gasteiger partial charge in [0.1, 0.15) is 6.04 Å². The van der Waals surface area contributed by atoms with Gasteiger partial charge < -0.3 is 10.6 Å². The van der Waals surface area contributed by atoms with Crippen LogP contribution in [0, 0.1) is 6.92 Å². The molecule has 1 fully saturated rings. The number of rotatable bonds is 2. The Hall–Kier alpha value is -1.06. The van der Waals surface area contributed by atoms with Crippen LogP contribution in [0.2, 0.25) is 0 Å². The van der Waals surface area contributed by atoms with Gasteiger partial charge in [-0.3, -0.25) is 4.79 Å². The Morgan fingerprint density at radius 2 is 1.63 bits per heavy atom. The van der Waals surface area contributed by atoms with Crippen LogP contribution in [0.25, 0.3) is 0 Å². The maximum atomic E-state index is 12.3. The molecule has 2 rings (SSSR count). The molecule has 19 heavy (non-hydrogen) atoms. The van der Waals surface area contributed by atoms with Crippen molar-refractivity contribution in [2.24, 2.45) is 5.73 Å². The van der Waals surface area contributed by atoms with Crippen LogP contribution < -0.4 is 5.73 Å². The van der Waals surface area contributed by atoms with Crippen LogP contribution in [-0.4, -0.2) is 23.9 Å². The van der Waals surface area contributed by atoms with Crippen molar-refractivity contribution in [1.29, 1.82) is 0 Å². The summed E-state index contributed by atoms with van der Waals surface area (Å²) in [6.07, 6.45) is 4.66. The number of hydrogen-bond donors (Lipinski definition) is 1. The summed E-state index contributed by atoms with van der Waals surface area (Å²) in [7, 11) is 0. The van der Waals surface area contributed by atoms with Crippen molar-refractivity contribution in [2.75, 3.05) is 13.1 Å². The average Bonchev–Trinajstić information content (AvgIpc) is 2.67. The molecule has 2 N–H and O–H groups in total. The predicted octanol–water partition coefficient (Wildman–Crippen LogP) is 2.82. The lowest BCUT2D eigenvalue weighted by molar-refractivity contribution is -0.132. The molecule has 1 unspecified atom stereocenters. The van der Waals surface area contributed by atoms with E-state index in [0.29, 0.717) is 0 Å². The quantitative estimate of drug-likeness (QED) is 0.907. The Balaban J connectivity index is 0.00000180. The number of aryl methyl sites for hydroxylation is 1. The number of amides is 1. The highest BCUT2D eigenvalue weighted by Crippen LogP contribution is 2.17. The highest BCUT2D eigenvalue weighted by Gasteiger charge is 2.22. The van der Waals surface area contributed by atoms with E-state index in [9.17, 15) is 4.79 Å². The number of benzene rings is 1. The first-order valence-corrected chi connectivity index (χ1v) is 6.79. The lowest BCUT2D eigenvalue weighted by atomic mass is 10.0. The summed E-state index contributed by atoms with van der Waals surface area (Å²) >= 11 is 0. The predicted molar refractivity (Wildman–Crippen MR) is 80.4 cm³/mol. The van der Waals surface area contributed by atoms with Gasteiger partial charge in [-0.2, -0.15) is 0 Å². The van der Waals surface area contributed by atoms with Crippen LogP contribution in [0.4, 0.5) is 0 Å². The maximum absolute atomic E-state index is 12.3. The van der Waals surface area contributed by atoms with E-state index < -0.39 is 6.04 Å². The van der Waals surface area contributed by atoms with Crippen LogP contribution in [-0.2, 0) is 4.79 Å². The molecule has 1 amide bonds. The molecule has 1 aromatic rings. The van der Waals surface area contributed by atoms with Crippen LogP contribution in [0.3, 0.4) is 0 Å². The van der Waals surface area contributed by atoms with E-state index in [-0.39, 0.29) is 18.3 Å². The van der Waals surface area contributed by atoms with Gasteiger partial charge in [0.25, 0.3) is 0 Å². The topological polar surface area (TPSA) is 46.3 Å². The normalized spacial score (nSPS) is 17.3. The molecule has 1 aromatic carbocycles. The first-order valence-electron chi connectivity index (χ1n) is 6.79. The molecule has 0 radical (unpaired) electrons. The van der Waals surface area contributed by atoms with Gasteiger partial charge in [-0.1, -0.05) is 42.7 Å². The minimum absolute atomic E-state index is 0. The summed E-state index contributed by atoms with van der Waals surface area (Å²) in [5.74, 6) is 0.0701. The van der Waals surface area contributed by atoms with Gasteiger partial charge >= 0.3 is 0 Å². The number of carbonyl (C=O) groups excluding carboxylic acids is 1. The van der Waals surface area contributed by atoms with Crippen molar-refractivity contribution in [3.05, 3.63) is 35.4 Å². The molecule has 0 aromatic heterocycles. The van der Waals surface area contributed by atoms with Crippen LogP contribution in [0.15, 0.2) is 24.3 Å². The van der Waals surface area contributed by atoms with Gasteiger partial charge in [-0.25, -0.2) is 0 Å². The molecule has 106 valence electrons. The molecule has 0 spiro atoms. The second-order valence-electron chi connectivity index (χ2n) is 5.13. The number of nitrogens with two attached hydrogens (primary N) is 1. The zero-order valence-corrected chi connectivity index (χ0v) is 12.3. The Bertz CT molecular complexity index is 397. The number of carbonyl (C=O) groups is 1. The summed E-state index contributed by atoms with van der Waals surface area (Å²) in [5, 5.41) is 0. The molecule has 0 aliphatic carbocycles. The van der Waals surface area contributed by atoms with E-state index in [0.717, 1.165) is 31.5 Å². The maximum Gasteiger partial charge on any atom is 0.244 e. The molecular formula is C15H23ClN2O. The summed E-state index contributed by atoms with van der Waals surface area (Å²) < 4.78 is 0. The molecule has 1 aliphatic rings. The Morgan fingerprint density at radius 1 is 1.11 bits per heavy atom. The van der Waals surface area contributed by atoms with Gasteiger partial charge in [0, 0.05) is 13.1 Å². The van der Waals surface area contributed by atoms with Gasteiger partial charge in [-0.05, 0) is 25.3 Å². The zero-order valence-electron chi connectivity index (χ0n) is 11.5. The monoisotopic (exact) mass is 282 g/mol. The van der Waals surface area contributed by atoms with Crippen molar-refractivity contribution >= 4 is 18.3 Å². The third-order valence-corrected chi connectivity index (χ3v) is 3.62. The lowest BCUT2D eigenvalue weighted by Gasteiger charge is -2.24. The highest BCUT2D eigenvalue weighted by molar-refractivity contribution is 5.85. The smallest absolute Gasteiger partial charge is 0.244 e. The van der Waals surface area contributed by atoms with Gasteiger partial charge in [0.15, 0.2) is 0 Å². The van der Waals surface area contributed by atoms with Crippen molar-refractivity contribution < 1.29 is 4.79 Å². The van der Waals surface area contributed by atoms with E-state index in [1.165, 1.54) is 18.4 Å². The number of hydrogen-bond acceptors (Lipinski definition) is 2. The first-order chi connectivity index (χ1) is 8.68. The van der Waals surface area contributed by atoms with Gasteiger partial charge in [0.05, 0.1) is 0 Å². The van der Waals surface area contributed by atoms with E-state index in [2.05, 4.69) is 0 Å². The van der Waals surface area contributed by atoms with E-state index >= 15 is 0 Å². The average molecular weight is 283 g/mol. The fourth-order valence-corrected chi connectivity index (χ4v) is 2.40. The van der Waals surface area contributed by atoms with Crippen molar-refractivity contribution in [1.82, 2.24) is 4.90 Å². The number of nitrogens with zero attached hydrogens (tertiary/aromatic N) is 1. The summed E-state index contributed by atoms with van der Waals surface area (Å²) in [6.45, 7) is 3.75. The summed E-state index contributed by atoms with van der Waals surface area (Å²) in [5.41, 5.74) is 8.18. The molecule has 1 atom stereocenters. The van der Waals surface area contributed by atoms with E-state index in [1.807, 2.05) is 36.1 Å². The fraction of sp³-hybridized carbons (Fsp3) is 0.533. The number of likely N-dealkylation sites (tertiary alicyclic amines) is 1.